The number of nitrogens with two attached hydrogens (primary N) is 1. The number of ether oxygens (including phenoxy) is 1. The number of hydrogen-bond donors (Lipinski definition) is 2. The van der Waals surface area contributed by atoms with Crippen molar-refractivity contribution in [1.29, 1.82) is 0 Å². The molecule has 1 aromatic carbocycles. The van der Waals surface area contributed by atoms with Crippen LogP contribution in [-0.4, -0.2) is 46.6 Å². The minimum absolute atomic E-state index is 0.00618. The number of carbonyl (C=O) groups is 2. The number of nitrogens with zero attached hydrogens (tertiary/aromatic N) is 2. The van der Waals surface area contributed by atoms with Gasteiger partial charge >= 0.3 is 5.97 Å². The van der Waals surface area contributed by atoms with Gasteiger partial charge in [0.25, 0.3) is 5.91 Å². The van der Waals surface area contributed by atoms with Crippen LogP contribution in [0.1, 0.15) is 51.5 Å². The second-order valence-corrected chi connectivity index (χ2v) is 7.75. The standard InChI is InChI=1S/C19H22N4O3S2/c1-2-26-18(25)15-11-28-16(22-15)12-7-9-23(10-8-12)17(24)13-3-5-14(6-4-13)21-19(20)27/h3-6,11-12H,2,7-10H2,1H3,(H3,20,21,27). The summed E-state index contributed by atoms with van der Waals surface area (Å²) in [6.07, 6.45) is 1.64. The summed E-state index contributed by atoms with van der Waals surface area (Å²) < 4.78 is 4.99. The topological polar surface area (TPSA) is 97.5 Å². The van der Waals surface area contributed by atoms with Crippen molar-refractivity contribution in [3.05, 3.63) is 45.9 Å². The van der Waals surface area contributed by atoms with Gasteiger partial charge in [-0.3, -0.25) is 4.79 Å². The van der Waals surface area contributed by atoms with Gasteiger partial charge in [-0.05, 0) is 56.2 Å². The summed E-state index contributed by atoms with van der Waals surface area (Å²) in [5.74, 6) is -0.119. The minimum atomic E-state index is -0.383. The van der Waals surface area contributed by atoms with Crippen molar-refractivity contribution < 1.29 is 14.3 Å². The number of esters is 1. The van der Waals surface area contributed by atoms with Crippen LogP contribution < -0.4 is 11.1 Å². The van der Waals surface area contributed by atoms with Gasteiger partial charge in [0.05, 0.1) is 11.6 Å². The van der Waals surface area contributed by atoms with E-state index in [1.54, 1.807) is 36.6 Å². The van der Waals surface area contributed by atoms with E-state index in [0.717, 1.165) is 23.5 Å². The molecule has 3 N–H and O–H groups in total. The number of thiazole rings is 1. The van der Waals surface area contributed by atoms with Gasteiger partial charge in [0.1, 0.15) is 0 Å². The van der Waals surface area contributed by atoms with Crippen molar-refractivity contribution >= 4 is 46.2 Å². The number of thiocarbonyl (C=S) groups is 1. The van der Waals surface area contributed by atoms with Crippen molar-refractivity contribution in [2.75, 3.05) is 25.0 Å². The summed E-state index contributed by atoms with van der Waals surface area (Å²) in [6.45, 7) is 3.42. The molecule has 28 heavy (non-hydrogen) atoms. The van der Waals surface area contributed by atoms with Gasteiger partial charge in [0.2, 0.25) is 0 Å². The number of rotatable bonds is 5. The number of likely N-dealkylation sites (tertiary alicyclic amines) is 1. The molecule has 3 rings (SSSR count). The molecule has 0 unspecified atom stereocenters. The molecule has 148 valence electrons. The Morgan fingerprint density at radius 1 is 1.32 bits per heavy atom. The Bertz CT molecular complexity index is 858. The number of carbonyl (C=O) groups excluding carboxylic acids is 2. The summed E-state index contributed by atoms with van der Waals surface area (Å²) in [6, 6.07) is 7.10. The van der Waals surface area contributed by atoms with Crippen molar-refractivity contribution in [3.63, 3.8) is 0 Å². The molecule has 1 aromatic heterocycles. The highest BCUT2D eigenvalue weighted by atomic mass is 32.1. The van der Waals surface area contributed by atoms with Gasteiger partial charge in [-0.15, -0.1) is 11.3 Å². The third-order valence-corrected chi connectivity index (χ3v) is 5.65. The van der Waals surface area contributed by atoms with E-state index in [4.69, 9.17) is 22.7 Å². The Morgan fingerprint density at radius 2 is 2.00 bits per heavy atom. The summed E-state index contributed by atoms with van der Waals surface area (Å²) >= 11 is 6.29. The van der Waals surface area contributed by atoms with E-state index in [-0.39, 0.29) is 22.9 Å². The Kier molecular flexibility index (Phi) is 6.58. The van der Waals surface area contributed by atoms with E-state index in [2.05, 4.69) is 10.3 Å². The third kappa shape index (κ3) is 4.85. The van der Waals surface area contributed by atoms with E-state index in [0.29, 0.717) is 31.0 Å². The normalized spacial score (nSPS) is 14.5. The van der Waals surface area contributed by atoms with Crippen molar-refractivity contribution in [2.45, 2.75) is 25.7 Å². The van der Waals surface area contributed by atoms with E-state index in [1.165, 1.54) is 11.3 Å². The van der Waals surface area contributed by atoms with E-state index in [9.17, 15) is 9.59 Å². The first kappa shape index (κ1) is 20.2. The fourth-order valence-electron chi connectivity index (χ4n) is 3.12. The lowest BCUT2D eigenvalue weighted by atomic mass is 9.97. The predicted molar refractivity (Wildman–Crippen MR) is 113 cm³/mol. The van der Waals surface area contributed by atoms with Crippen LogP contribution in [0.2, 0.25) is 0 Å². The Hall–Kier alpha value is -2.52. The second-order valence-electron chi connectivity index (χ2n) is 6.42. The smallest absolute Gasteiger partial charge is 0.357 e. The van der Waals surface area contributed by atoms with Crippen LogP contribution >= 0.6 is 23.6 Å². The van der Waals surface area contributed by atoms with Crippen molar-refractivity contribution in [3.8, 4) is 0 Å². The zero-order valence-electron chi connectivity index (χ0n) is 15.5. The number of benzene rings is 1. The number of amides is 1. The molecule has 0 atom stereocenters. The molecule has 0 radical (unpaired) electrons. The predicted octanol–water partition coefficient (Wildman–Crippen LogP) is 3.00. The summed E-state index contributed by atoms with van der Waals surface area (Å²) in [4.78, 5) is 30.8. The lowest BCUT2D eigenvalue weighted by molar-refractivity contribution is 0.0520. The highest BCUT2D eigenvalue weighted by Gasteiger charge is 2.27. The van der Waals surface area contributed by atoms with Gasteiger partial charge in [-0.25, -0.2) is 9.78 Å². The number of hydrogen-bond acceptors (Lipinski definition) is 6. The molecule has 0 bridgehead atoms. The van der Waals surface area contributed by atoms with Crippen LogP contribution in [0.5, 0.6) is 0 Å². The number of aromatic nitrogens is 1. The Balaban J connectivity index is 1.57. The second kappa shape index (κ2) is 9.11. The molecule has 0 saturated carbocycles. The lowest BCUT2D eigenvalue weighted by Gasteiger charge is -2.31. The summed E-state index contributed by atoms with van der Waals surface area (Å²) in [5.41, 5.74) is 7.20. The average Bonchev–Trinajstić information content (AvgIpc) is 3.18. The average molecular weight is 419 g/mol. The van der Waals surface area contributed by atoms with Gasteiger partial charge in [-0.2, -0.15) is 0 Å². The number of nitrogens with one attached hydrogen (secondary N) is 1. The van der Waals surface area contributed by atoms with Crippen LogP contribution in [-0.2, 0) is 4.74 Å². The molecule has 2 heterocycles. The zero-order chi connectivity index (χ0) is 20.1. The molecule has 2 aromatic rings. The highest BCUT2D eigenvalue weighted by molar-refractivity contribution is 7.80. The summed E-state index contributed by atoms with van der Waals surface area (Å²) in [7, 11) is 0. The third-order valence-electron chi connectivity index (χ3n) is 4.54. The van der Waals surface area contributed by atoms with Crippen LogP contribution in [0.15, 0.2) is 29.6 Å². The van der Waals surface area contributed by atoms with Crippen LogP contribution in [0.25, 0.3) is 0 Å². The van der Waals surface area contributed by atoms with E-state index >= 15 is 0 Å². The molecule has 1 fully saturated rings. The van der Waals surface area contributed by atoms with E-state index < -0.39 is 0 Å². The largest absolute Gasteiger partial charge is 0.461 e. The molecular formula is C19H22N4O3S2. The van der Waals surface area contributed by atoms with Crippen LogP contribution in [0.3, 0.4) is 0 Å². The molecule has 0 aliphatic carbocycles. The fraction of sp³-hybridized carbons (Fsp3) is 0.368. The summed E-state index contributed by atoms with van der Waals surface area (Å²) in [5, 5.41) is 5.70. The Morgan fingerprint density at radius 3 is 2.61 bits per heavy atom. The SMILES string of the molecule is CCOC(=O)c1csc(C2CCN(C(=O)c3ccc(NC(N)=S)cc3)CC2)n1. The van der Waals surface area contributed by atoms with Gasteiger partial charge < -0.3 is 20.7 Å². The molecule has 9 heteroatoms. The van der Waals surface area contributed by atoms with E-state index in [1.807, 2.05) is 4.90 Å². The minimum Gasteiger partial charge on any atom is -0.461 e. The maximum absolute atomic E-state index is 12.7. The first-order valence-corrected chi connectivity index (χ1v) is 10.3. The fourth-order valence-corrected chi connectivity index (χ4v) is 4.20. The number of anilines is 1. The van der Waals surface area contributed by atoms with Crippen LogP contribution in [0, 0.1) is 0 Å². The highest BCUT2D eigenvalue weighted by Crippen LogP contribution is 2.31. The Labute approximate surface area is 172 Å². The molecule has 1 aliphatic rings. The maximum Gasteiger partial charge on any atom is 0.357 e. The molecule has 1 saturated heterocycles. The molecule has 1 aliphatic heterocycles. The van der Waals surface area contributed by atoms with Crippen molar-refractivity contribution in [1.82, 2.24) is 9.88 Å². The molecule has 7 nitrogen and oxygen atoms in total. The lowest BCUT2D eigenvalue weighted by Crippen LogP contribution is -2.37. The van der Waals surface area contributed by atoms with Crippen LogP contribution in [0.4, 0.5) is 5.69 Å². The zero-order valence-corrected chi connectivity index (χ0v) is 17.1. The first-order valence-electron chi connectivity index (χ1n) is 9.06. The first-order chi connectivity index (χ1) is 13.5. The number of piperidine rings is 1. The monoisotopic (exact) mass is 418 g/mol. The van der Waals surface area contributed by atoms with Gasteiger partial charge in [0.15, 0.2) is 10.8 Å². The van der Waals surface area contributed by atoms with Gasteiger partial charge in [0, 0.05) is 35.6 Å². The quantitative estimate of drug-likeness (QED) is 0.569. The molecule has 0 spiro atoms. The van der Waals surface area contributed by atoms with Gasteiger partial charge in [-0.1, -0.05) is 0 Å². The molecular weight excluding hydrogens is 396 g/mol. The molecule has 1 amide bonds. The maximum atomic E-state index is 12.7. The van der Waals surface area contributed by atoms with Crippen molar-refractivity contribution in [2.24, 2.45) is 5.73 Å².